The quantitative estimate of drug-likeness (QED) is 0.797. The van der Waals surface area contributed by atoms with Gasteiger partial charge in [0.1, 0.15) is 23.7 Å². The predicted octanol–water partition coefficient (Wildman–Crippen LogP) is 1.11. The number of rotatable bonds is 6. The van der Waals surface area contributed by atoms with Crippen LogP contribution in [0.3, 0.4) is 0 Å². The summed E-state index contributed by atoms with van der Waals surface area (Å²) in [7, 11) is 1.87. The van der Waals surface area contributed by atoms with Gasteiger partial charge in [-0.25, -0.2) is 9.97 Å². The van der Waals surface area contributed by atoms with Crippen molar-refractivity contribution in [3.63, 3.8) is 0 Å². The molecule has 0 amide bonds. The molecule has 2 rings (SSSR count). The molecule has 2 heterocycles. The molecule has 96 valence electrons. The van der Waals surface area contributed by atoms with Crippen LogP contribution in [0.15, 0.2) is 35.2 Å². The normalized spacial score (nSPS) is 10.3. The van der Waals surface area contributed by atoms with Gasteiger partial charge in [-0.05, 0) is 12.1 Å². The van der Waals surface area contributed by atoms with E-state index in [-0.39, 0.29) is 6.61 Å². The Bertz CT molecular complexity index is 473. The van der Waals surface area contributed by atoms with Crippen molar-refractivity contribution in [1.82, 2.24) is 9.97 Å². The molecule has 0 saturated heterocycles. The van der Waals surface area contributed by atoms with E-state index in [4.69, 9.17) is 9.52 Å². The monoisotopic (exact) mass is 248 g/mol. The molecule has 0 atom stereocenters. The third-order valence-electron chi connectivity index (χ3n) is 2.50. The number of nitrogens with one attached hydrogen (secondary N) is 1. The van der Waals surface area contributed by atoms with Gasteiger partial charge < -0.3 is 19.7 Å². The van der Waals surface area contributed by atoms with Crippen molar-refractivity contribution in [2.24, 2.45) is 0 Å². The van der Waals surface area contributed by atoms with Crippen LogP contribution in [0.1, 0.15) is 5.76 Å². The fraction of sp³-hybridized carbons (Fsp3) is 0.333. The molecule has 0 aromatic carbocycles. The minimum Gasteiger partial charge on any atom is -0.467 e. The van der Waals surface area contributed by atoms with Crippen molar-refractivity contribution < 1.29 is 9.52 Å². The average Bonchev–Trinajstić information content (AvgIpc) is 2.90. The first-order valence-electron chi connectivity index (χ1n) is 5.70. The molecule has 0 aliphatic carbocycles. The lowest BCUT2D eigenvalue weighted by molar-refractivity contribution is 0.304. The molecule has 6 heteroatoms. The summed E-state index contributed by atoms with van der Waals surface area (Å²) in [5, 5.41) is 12.0. The minimum absolute atomic E-state index is 0.0929. The first-order chi connectivity index (χ1) is 8.79. The molecule has 0 fully saturated rings. The lowest BCUT2D eigenvalue weighted by atomic mass is 10.4. The van der Waals surface area contributed by atoms with E-state index >= 15 is 0 Å². The molecule has 6 nitrogen and oxygen atoms in total. The average molecular weight is 248 g/mol. The summed E-state index contributed by atoms with van der Waals surface area (Å²) in [6.07, 6.45) is 3.13. The number of nitrogens with zero attached hydrogens (tertiary/aromatic N) is 3. The summed E-state index contributed by atoms with van der Waals surface area (Å²) in [5.41, 5.74) is 0. The van der Waals surface area contributed by atoms with Crippen LogP contribution in [-0.4, -0.2) is 35.3 Å². The molecular weight excluding hydrogens is 232 g/mol. The van der Waals surface area contributed by atoms with Crippen molar-refractivity contribution in [3.05, 3.63) is 36.5 Å². The Balaban J connectivity index is 1.98. The maximum absolute atomic E-state index is 8.88. The molecule has 0 unspecified atom stereocenters. The van der Waals surface area contributed by atoms with E-state index in [0.717, 1.165) is 17.4 Å². The van der Waals surface area contributed by atoms with Crippen LogP contribution in [0.5, 0.6) is 0 Å². The van der Waals surface area contributed by atoms with Gasteiger partial charge in [0.2, 0.25) is 0 Å². The van der Waals surface area contributed by atoms with Gasteiger partial charge in [0.25, 0.3) is 0 Å². The number of anilines is 2. The smallest absolute Gasteiger partial charge is 0.133 e. The van der Waals surface area contributed by atoms with Crippen molar-refractivity contribution >= 4 is 11.6 Å². The van der Waals surface area contributed by atoms with Crippen LogP contribution in [0.2, 0.25) is 0 Å². The zero-order valence-electron chi connectivity index (χ0n) is 10.2. The molecule has 0 radical (unpaired) electrons. The van der Waals surface area contributed by atoms with E-state index < -0.39 is 0 Å². The highest BCUT2D eigenvalue weighted by Gasteiger charge is 2.04. The summed E-state index contributed by atoms with van der Waals surface area (Å²) < 4.78 is 5.22. The van der Waals surface area contributed by atoms with Gasteiger partial charge in [-0.3, -0.25) is 0 Å². The fourth-order valence-corrected chi connectivity index (χ4v) is 1.51. The van der Waals surface area contributed by atoms with E-state index in [1.807, 2.05) is 30.1 Å². The lowest BCUT2D eigenvalue weighted by Crippen LogP contribution is -2.22. The SMILES string of the molecule is CN(CCO)c1cc(NCc2ccco2)ncn1. The van der Waals surface area contributed by atoms with Crippen LogP contribution in [-0.2, 0) is 6.54 Å². The van der Waals surface area contributed by atoms with Crippen LogP contribution in [0.4, 0.5) is 11.6 Å². The highest BCUT2D eigenvalue weighted by molar-refractivity contribution is 5.47. The third-order valence-corrected chi connectivity index (χ3v) is 2.50. The molecule has 0 aliphatic heterocycles. The summed E-state index contributed by atoms with van der Waals surface area (Å²) in [6.45, 7) is 1.21. The Morgan fingerprint density at radius 3 is 3.06 bits per heavy atom. The maximum atomic E-state index is 8.88. The minimum atomic E-state index is 0.0929. The zero-order valence-corrected chi connectivity index (χ0v) is 10.2. The number of aliphatic hydroxyl groups excluding tert-OH is 1. The van der Waals surface area contributed by atoms with E-state index in [1.165, 1.54) is 6.33 Å². The Hall–Kier alpha value is -2.08. The number of aromatic nitrogens is 2. The molecule has 0 spiro atoms. The van der Waals surface area contributed by atoms with Gasteiger partial charge in [0.05, 0.1) is 19.4 Å². The molecule has 2 N–H and O–H groups in total. The Morgan fingerprint density at radius 1 is 1.44 bits per heavy atom. The van der Waals surface area contributed by atoms with Crippen molar-refractivity contribution in [2.75, 3.05) is 30.4 Å². The summed E-state index contributed by atoms with van der Waals surface area (Å²) >= 11 is 0. The van der Waals surface area contributed by atoms with Gasteiger partial charge in [-0.15, -0.1) is 0 Å². The fourth-order valence-electron chi connectivity index (χ4n) is 1.51. The van der Waals surface area contributed by atoms with E-state index in [2.05, 4.69) is 15.3 Å². The van der Waals surface area contributed by atoms with Gasteiger partial charge in [-0.1, -0.05) is 0 Å². The number of hydrogen-bond acceptors (Lipinski definition) is 6. The van der Waals surface area contributed by atoms with E-state index in [0.29, 0.717) is 13.1 Å². The highest BCUT2D eigenvalue weighted by Crippen LogP contribution is 2.13. The largest absolute Gasteiger partial charge is 0.467 e. The standard InChI is InChI=1S/C12H16N4O2/c1-16(4-5-17)12-7-11(14-9-15-12)13-8-10-3-2-6-18-10/h2-3,6-7,9,17H,4-5,8H2,1H3,(H,13,14,15). The van der Waals surface area contributed by atoms with Crippen molar-refractivity contribution in [2.45, 2.75) is 6.54 Å². The first-order valence-corrected chi connectivity index (χ1v) is 5.70. The molecule has 0 bridgehead atoms. The molecular formula is C12H16N4O2. The number of aliphatic hydroxyl groups is 1. The summed E-state index contributed by atoms with van der Waals surface area (Å²) in [4.78, 5) is 10.1. The van der Waals surface area contributed by atoms with Crippen LogP contribution < -0.4 is 10.2 Å². The van der Waals surface area contributed by atoms with E-state index in [9.17, 15) is 0 Å². The number of hydrogen-bond donors (Lipinski definition) is 2. The van der Waals surface area contributed by atoms with Gasteiger partial charge in [0.15, 0.2) is 0 Å². The van der Waals surface area contributed by atoms with Crippen molar-refractivity contribution in [1.29, 1.82) is 0 Å². The van der Waals surface area contributed by atoms with E-state index in [1.54, 1.807) is 6.26 Å². The van der Waals surface area contributed by atoms with Crippen LogP contribution in [0.25, 0.3) is 0 Å². The molecule has 0 aliphatic rings. The second kappa shape index (κ2) is 6.02. The van der Waals surface area contributed by atoms with Crippen LogP contribution in [0, 0.1) is 0 Å². The summed E-state index contributed by atoms with van der Waals surface area (Å²) in [6, 6.07) is 5.57. The first kappa shape index (κ1) is 12.4. The topological polar surface area (TPSA) is 74.4 Å². The Morgan fingerprint density at radius 2 is 2.33 bits per heavy atom. The third kappa shape index (κ3) is 3.21. The lowest BCUT2D eigenvalue weighted by Gasteiger charge is -2.16. The summed E-state index contributed by atoms with van der Waals surface area (Å²) in [5.74, 6) is 2.33. The van der Waals surface area contributed by atoms with Gasteiger partial charge in [-0.2, -0.15) is 0 Å². The Labute approximate surface area is 105 Å². The second-order valence-electron chi connectivity index (χ2n) is 3.84. The predicted molar refractivity (Wildman–Crippen MR) is 68.4 cm³/mol. The molecule has 2 aromatic rings. The molecule has 0 saturated carbocycles. The molecule has 2 aromatic heterocycles. The van der Waals surface area contributed by atoms with Crippen molar-refractivity contribution in [3.8, 4) is 0 Å². The highest BCUT2D eigenvalue weighted by atomic mass is 16.3. The van der Waals surface area contributed by atoms with Gasteiger partial charge in [0, 0.05) is 19.7 Å². The molecule has 18 heavy (non-hydrogen) atoms. The zero-order chi connectivity index (χ0) is 12.8. The second-order valence-corrected chi connectivity index (χ2v) is 3.84. The van der Waals surface area contributed by atoms with Gasteiger partial charge >= 0.3 is 0 Å². The van der Waals surface area contributed by atoms with Crippen LogP contribution >= 0.6 is 0 Å². The Kier molecular flexibility index (Phi) is 4.14. The number of likely N-dealkylation sites (N-methyl/N-ethyl adjacent to an activating group) is 1. The maximum Gasteiger partial charge on any atom is 0.133 e. The number of furan rings is 1.